The zero-order valence-corrected chi connectivity index (χ0v) is 7.98. The molecule has 5 heteroatoms. The van der Waals surface area contributed by atoms with E-state index in [1.807, 2.05) is 0 Å². The first-order valence-electron chi connectivity index (χ1n) is 5.02. The molecule has 1 heterocycles. The Balaban J connectivity index is 2.16. The van der Waals surface area contributed by atoms with Crippen LogP contribution in [0.3, 0.4) is 0 Å². The highest BCUT2D eigenvalue weighted by Gasteiger charge is 2.49. The quantitative estimate of drug-likeness (QED) is 0.680. The van der Waals surface area contributed by atoms with Crippen LogP contribution >= 0.6 is 0 Å². The maximum absolute atomic E-state index is 10.8. The number of carboxylic acid groups (broad SMARTS) is 1. The SMILES string of the molecule is O=NN1CC(C(=O)O)CC12CCCC2. The number of hydrogen-bond acceptors (Lipinski definition) is 3. The number of aliphatic carboxylic acids is 1. The standard InChI is InChI=1S/C9H14N2O3/c12-8(13)7-5-9(3-1-2-4-9)11(6-7)10-14/h7H,1-6H2,(H,12,13). The first kappa shape index (κ1) is 9.43. The molecule has 0 aromatic rings. The van der Waals surface area contributed by atoms with Crippen LogP contribution in [0, 0.1) is 10.8 Å². The smallest absolute Gasteiger partial charge is 0.308 e. The van der Waals surface area contributed by atoms with E-state index in [9.17, 15) is 9.70 Å². The Morgan fingerprint density at radius 1 is 1.43 bits per heavy atom. The van der Waals surface area contributed by atoms with E-state index in [0.717, 1.165) is 25.7 Å². The summed E-state index contributed by atoms with van der Waals surface area (Å²) in [6.45, 7) is 0.291. The van der Waals surface area contributed by atoms with Gasteiger partial charge in [-0.25, -0.2) is 0 Å². The van der Waals surface area contributed by atoms with Crippen LogP contribution < -0.4 is 0 Å². The molecular formula is C9H14N2O3. The van der Waals surface area contributed by atoms with Crippen molar-refractivity contribution in [1.29, 1.82) is 0 Å². The van der Waals surface area contributed by atoms with Crippen LogP contribution in [-0.4, -0.2) is 28.2 Å². The summed E-state index contributed by atoms with van der Waals surface area (Å²) < 4.78 is 0. The molecule has 1 spiro atoms. The van der Waals surface area contributed by atoms with E-state index in [1.165, 1.54) is 5.01 Å². The van der Waals surface area contributed by atoms with Crippen molar-refractivity contribution >= 4 is 5.97 Å². The van der Waals surface area contributed by atoms with Crippen LogP contribution in [0.25, 0.3) is 0 Å². The Labute approximate surface area is 82.0 Å². The molecule has 0 aromatic heterocycles. The van der Waals surface area contributed by atoms with Gasteiger partial charge in [-0.15, -0.1) is 4.91 Å². The molecule has 0 aromatic carbocycles. The minimum Gasteiger partial charge on any atom is -0.481 e. The molecule has 78 valence electrons. The molecule has 0 bridgehead atoms. The molecule has 5 nitrogen and oxygen atoms in total. The topological polar surface area (TPSA) is 70.0 Å². The first-order valence-corrected chi connectivity index (χ1v) is 5.02. The summed E-state index contributed by atoms with van der Waals surface area (Å²) in [5.74, 6) is -1.21. The van der Waals surface area contributed by atoms with Crippen molar-refractivity contribution < 1.29 is 9.90 Å². The van der Waals surface area contributed by atoms with Crippen molar-refractivity contribution in [2.24, 2.45) is 11.2 Å². The van der Waals surface area contributed by atoms with Crippen LogP contribution in [0.1, 0.15) is 32.1 Å². The minimum absolute atomic E-state index is 0.217. The molecule has 2 aliphatic rings. The predicted octanol–water partition coefficient (Wildman–Crippen LogP) is 1.39. The summed E-state index contributed by atoms with van der Waals surface area (Å²) in [4.78, 5) is 21.5. The third-order valence-electron chi connectivity index (χ3n) is 3.55. The summed E-state index contributed by atoms with van der Waals surface area (Å²) in [6.07, 6.45) is 4.59. The molecule has 1 saturated heterocycles. The van der Waals surface area contributed by atoms with Crippen LogP contribution in [0.15, 0.2) is 5.29 Å². The van der Waals surface area contributed by atoms with Gasteiger partial charge >= 0.3 is 5.97 Å². The highest BCUT2D eigenvalue weighted by molar-refractivity contribution is 5.71. The zero-order chi connectivity index (χ0) is 10.2. The van der Waals surface area contributed by atoms with Crippen LogP contribution in [0.2, 0.25) is 0 Å². The average molecular weight is 198 g/mol. The van der Waals surface area contributed by atoms with Gasteiger partial charge in [0.05, 0.1) is 23.3 Å². The largest absolute Gasteiger partial charge is 0.481 e. The van der Waals surface area contributed by atoms with Crippen molar-refractivity contribution in [2.45, 2.75) is 37.6 Å². The lowest BCUT2D eigenvalue weighted by Gasteiger charge is -2.29. The first-order chi connectivity index (χ1) is 6.68. The lowest BCUT2D eigenvalue weighted by molar-refractivity contribution is -0.141. The van der Waals surface area contributed by atoms with Gasteiger partial charge < -0.3 is 5.11 Å². The van der Waals surface area contributed by atoms with E-state index in [1.54, 1.807) is 0 Å². The molecule has 1 saturated carbocycles. The fourth-order valence-electron chi connectivity index (χ4n) is 2.81. The highest BCUT2D eigenvalue weighted by atomic mass is 16.4. The van der Waals surface area contributed by atoms with Crippen LogP contribution in [0.5, 0.6) is 0 Å². The van der Waals surface area contributed by atoms with Gasteiger partial charge in [-0.1, -0.05) is 12.8 Å². The Morgan fingerprint density at radius 2 is 2.07 bits per heavy atom. The summed E-state index contributed by atoms with van der Waals surface area (Å²) in [5, 5.41) is 13.3. The van der Waals surface area contributed by atoms with Gasteiger partial charge in [0.2, 0.25) is 0 Å². The van der Waals surface area contributed by atoms with Crippen molar-refractivity contribution in [2.75, 3.05) is 6.54 Å². The third-order valence-corrected chi connectivity index (χ3v) is 3.55. The predicted molar refractivity (Wildman–Crippen MR) is 49.4 cm³/mol. The fourth-order valence-corrected chi connectivity index (χ4v) is 2.81. The molecule has 1 aliphatic carbocycles. The molecule has 2 rings (SSSR count). The summed E-state index contributed by atoms with van der Waals surface area (Å²) in [6, 6.07) is 0. The maximum Gasteiger partial charge on any atom is 0.308 e. The second kappa shape index (κ2) is 3.22. The number of carbonyl (C=O) groups is 1. The summed E-state index contributed by atoms with van der Waals surface area (Å²) in [5.41, 5.74) is -0.217. The van der Waals surface area contributed by atoms with Gasteiger partial charge in [-0.3, -0.25) is 9.80 Å². The van der Waals surface area contributed by atoms with Gasteiger partial charge in [0.25, 0.3) is 0 Å². The van der Waals surface area contributed by atoms with E-state index in [2.05, 4.69) is 5.29 Å². The van der Waals surface area contributed by atoms with E-state index in [0.29, 0.717) is 13.0 Å². The summed E-state index contributed by atoms with van der Waals surface area (Å²) in [7, 11) is 0. The molecule has 14 heavy (non-hydrogen) atoms. The molecule has 0 amide bonds. The minimum atomic E-state index is -0.803. The fraction of sp³-hybridized carbons (Fsp3) is 0.889. The van der Waals surface area contributed by atoms with Crippen molar-refractivity contribution in [3.05, 3.63) is 4.91 Å². The molecule has 1 N–H and O–H groups in total. The van der Waals surface area contributed by atoms with Crippen molar-refractivity contribution in [3.8, 4) is 0 Å². The molecule has 1 unspecified atom stereocenters. The Kier molecular flexibility index (Phi) is 2.17. The van der Waals surface area contributed by atoms with E-state index >= 15 is 0 Å². The Hall–Kier alpha value is -1.13. The lowest BCUT2D eigenvalue weighted by Crippen LogP contribution is -2.36. The maximum atomic E-state index is 10.8. The molecule has 0 radical (unpaired) electrons. The van der Waals surface area contributed by atoms with E-state index in [-0.39, 0.29) is 5.54 Å². The number of nitrogens with zero attached hydrogens (tertiary/aromatic N) is 2. The van der Waals surface area contributed by atoms with Gasteiger partial charge in [0, 0.05) is 0 Å². The third kappa shape index (κ3) is 1.27. The van der Waals surface area contributed by atoms with Crippen LogP contribution in [0.4, 0.5) is 0 Å². The van der Waals surface area contributed by atoms with Crippen molar-refractivity contribution in [3.63, 3.8) is 0 Å². The number of hydrogen-bond donors (Lipinski definition) is 1. The number of rotatable bonds is 2. The van der Waals surface area contributed by atoms with Gasteiger partial charge in [-0.05, 0) is 19.3 Å². The highest BCUT2D eigenvalue weighted by Crippen LogP contribution is 2.45. The van der Waals surface area contributed by atoms with Gasteiger partial charge in [0.15, 0.2) is 0 Å². The van der Waals surface area contributed by atoms with Gasteiger partial charge in [-0.2, -0.15) is 0 Å². The van der Waals surface area contributed by atoms with Crippen molar-refractivity contribution in [1.82, 2.24) is 5.01 Å². The zero-order valence-electron chi connectivity index (χ0n) is 7.98. The van der Waals surface area contributed by atoms with E-state index < -0.39 is 11.9 Å². The molecular weight excluding hydrogens is 184 g/mol. The molecule has 1 aliphatic heterocycles. The Bertz CT molecular complexity index is 261. The number of carboxylic acids is 1. The second-order valence-corrected chi connectivity index (χ2v) is 4.33. The Morgan fingerprint density at radius 3 is 2.57 bits per heavy atom. The molecule has 2 fully saturated rings. The van der Waals surface area contributed by atoms with E-state index in [4.69, 9.17) is 5.11 Å². The monoisotopic (exact) mass is 198 g/mol. The van der Waals surface area contributed by atoms with Gasteiger partial charge in [0.1, 0.15) is 0 Å². The lowest BCUT2D eigenvalue weighted by atomic mass is 9.91. The normalized spacial score (nSPS) is 29.7. The average Bonchev–Trinajstić information content (AvgIpc) is 2.74. The van der Waals surface area contributed by atoms with Crippen LogP contribution in [-0.2, 0) is 4.79 Å². The number of nitroso groups, excluding NO2 is 1. The second-order valence-electron chi connectivity index (χ2n) is 4.33. The molecule has 1 atom stereocenters. The summed E-state index contributed by atoms with van der Waals surface area (Å²) >= 11 is 0.